The molecule has 0 N–H and O–H groups in total. The standard InChI is InChI=1S/C12H13ClFO/c1-3-9(2)10-6-11(14)8-12(7-10)15-5-4-13/h3,6-8H,1,4-5H2,2H3. The minimum absolute atomic E-state index is 0.321. The molecule has 81 valence electrons. The summed E-state index contributed by atoms with van der Waals surface area (Å²) < 4.78 is 18.4. The van der Waals surface area contributed by atoms with Crippen LogP contribution in [0, 0.1) is 11.7 Å². The summed E-state index contributed by atoms with van der Waals surface area (Å²) in [5, 5.41) is 0. The zero-order valence-electron chi connectivity index (χ0n) is 8.59. The van der Waals surface area contributed by atoms with Gasteiger partial charge in [-0.05, 0) is 17.7 Å². The van der Waals surface area contributed by atoms with Gasteiger partial charge >= 0.3 is 0 Å². The lowest BCUT2D eigenvalue weighted by molar-refractivity contribution is 0.340. The first-order valence-corrected chi connectivity index (χ1v) is 5.16. The molecule has 1 rings (SSSR count). The lowest BCUT2D eigenvalue weighted by atomic mass is 10.0. The Hall–Kier alpha value is -1.02. The monoisotopic (exact) mass is 227 g/mol. The summed E-state index contributed by atoms with van der Waals surface area (Å²) in [4.78, 5) is 0. The number of benzene rings is 1. The van der Waals surface area contributed by atoms with E-state index in [1.54, 1.807) is 12.1 Å². The van der Waals surface area contributed by atoms with E-state index >= 15 is 0 Å². The predicted molar refractivity (Wildman–Crippen MR) is 60.8 cm³/mol. The zero-order chi connectivity index (χ0) is 11.3. The Kier molecular flexibility index (Phi) is 4.63. The second kappa shape index (κ2) is 5.76. The fourth-order valence-electron chi connectivity index (χ4n) is 1.15. The highest BCUT2D eigenvalue weighted by Crippen LogP contribution is 2.22. The van der Waals surface area contributed by atoms with Crippen LogP contribution in [0.3, 0.4) is 0 Å². The number of hydrogen-bond donors (Lipinski definition) is 0. The molecule has 0 spiro atoms. The van der Waals surface area contributed by atoms with Crippen LogP contribution < -0.4 is 4.74 Å². The Morgan fingerprint density at radius 3 is 2.87 bits per heavy atom. The SMILES string of the molecule is C=C[C](C)c1cc(F)cc(OCCCl)c1. The molecule has 0 heterocycles. The number of alkyl halides is 1. The fraction of sp³-hybridized carbons (Fsp3) is 0.250. The Bertz CT molecular complexity index is 338. The van der Waals surface area contributed by atoms with Gasteiger partial charge in [0, 0.05) is 12.0 Å². The number of ether oxygens (including phenoxy) is 1. The van der Waals surface area contributed by atoms with Gasteiger partial charge in [0.05, 0.1) is 5.88 Å². The highest BCUT2D eigenvalue weighted by molar-refractivity contribution is 6.17. The van der Waals surface area contributed by atoms with Crippen molar-refractivity contribution in [3.63, 3.8) is 0 Å². The van der Waals surface area contributed by atoms with Gasteiger partial charge in [-0.25, -0.2) is 4.39 Å². The molecule has 1 aromatic rings. The van der Waals surface area contributed by atoms with Crippen molar-refractivity contribution in [2.45, 2.75) is 6.92 Å². The molecular weight excluding hydrogens is 215 g/mol. The van der Waals surface area contributed by atoms with Crippen molar-refractivity contribution in [1.29, 1.82) is 0 Å². The van der Waals surface area contributed by atoms with Crippen LogP contribution in [-0.2, 0) is 0 Å². The highest BCUT2D eigenvalue weighted by atomic mass is 35.5. The van der Waals surface area contributed by atoms with Crippen molar-refractivity contribution < 1.29 is 9.13 Å². The van der Waals surface area contributed by atoms with E-state index in [0.29, 0.717) is 18.2 Å². The van der Waals surface area contributed by atoms with E-state index < -0.39 is 0 Å². The van der Waals surface area contributed by atoms with Crippen LogP contribution in [0.25, 0.3) is 0 Å². The van der Waals surface area contributed by atoms with Crippen LogP contribution >= 0.6 is 11.6 Å². The summed E-state index contributed by atoms with van der Waals surface area (Å²) in [7, 11) is 0. The molecule has 0 amide bonds. The molecular formula is C12H13ClFO. The van der Waals surface area contributed by atoms with Gasteiger partial charge in [0.2, 0.25) is 0 Å². The van der Waals surface area contributed by atoms with Crippen LogP contribution in [-0.4, -0.2) is 12.5 Å². The van der Waals surface area contributed by atoms with E-state index in [4.69, 9.17) is 16.3 Å². The summed E-state index contributed by atoms with van der Waals surface area (Å²) in [5.74, 6) is 1.46. The van der Waals surface area contributed by atoms with E-state index in [1.165, 1.54) is 12.1 Å². The Morgan fingerprint density at radius 1 is 1.53 bits per heavy atom. The topological polar surface area (TPSA) is 9.23 Å². The van der Waals surface area contributed by atoms with Crippen molar-refractivity contribution in [2.24, 2.45) is 0 Å². The first-order valence-electron chi connectivity index (χ1n) is 4.63. The molecule has 0 saturated heterocycles. The first kappa shape index (κ1) is 12.1. The van der Waals surface area contributed by atoms with Gasteiger partial charge in [0.1, 0.15) is 18.2 Å². The molecule has 1 nitrogen and oxygen atoms in total. The fourth-order valence-corrected chi connectivity index (χ4v) is 1.23. The van der Waals surface area contributed by atoms with Crippen molar-refractivity contribution >= 4 is 11.6 Å². The summed E-state index contributed by atoms with van der Waals surface area (Å²) in [5.41, 5.74) is 0.773. The van der Waals surface area contributed by atoms with E-state index in [1.807, 2.05) is 6.92 Å². The molecule has 0 saturated carbocycles. The first-order chi connectivity index (χ1) is 7.17. The molecule has 3 heteroatoms. The van der Waals surface area contributed by atoms with Crippen LogP contribution in [0.15, 0.2) is 30.9 Å². The second-order valence-electron chi connectivity index (χ2n) is 3.10. The molecule has 0 aliphatic carbocycles. The normalized spacial score (nSPS) is 10.4. The summed E-state index contributed by atoms with van der Waals surface area (Å²) in [6.07, 6.45) is 1.68. The smallest absolute Gasteiger partial charge is 0.127 e. The minimum Gasteiger partial charge on any atom is -0.492 e. The summed E-state index contributed by atoms with van der Waals surface area (Å²) in [6.45, 7) is 5.88. The second-order valence-corrected chi connectivity index (χ2v) is 3.48. The number of hydrogen-bond acceptors (Lipinski definition) is 1. The molecule has 0 aliphatic heterocycles. The average molecular weight is 228 g/mol. The zero-order valence-corrected chi connectivity index (χ0v) is 9.35. The predicted octanol–water partition coefficient (Wildman–Crippen LogP) is 3.57. The third kappa shape index (κ3) is 3.56. The lowest BCUT2D eigenvalue weighted by Crippen LogP contribution is -2.00. The van der Waals surface area contributed by atoms with Gasteiger partial charge in [0.25, 0.3) is 0 Å². The summed E-state index contributed by atoms with van der Waals surface area (Å²) >= 11 is 5.48. The lowest BCUT2D eigenvalue weighted by Gasteiger charge is -2.09. The third-order valence-corrected chi connectivity index (χ3v) is 2.13. The van der Waals surface area contributed by atoms with Gasteiger partial charge < -0.3 is 4.74 Å². The molecule has 0 aliphatic rings. The van der Waals surface area contributed by atoms with Crippen LogP contribution in [0.2, 0.25) is 0 Å². The van der Waals surface area contributed by atoms with Gasteiger partial charge in [-0.3, -0.25) is 0 Å². The maximum atomic E-state index is 13.2. The van der Waals surface area contributed by atoms with Crippen LogP contribution in [0.1, 0.15) is 12.5 Å². The maximum Gasteiger partial charge on any atom is 0.127 e. The molecule has 1 radical (unpaired) electrons. The Labute approximate surface area is 94.5 Å². The van der Waals surface area contributed by atoms with Crippen LogP contribution in [0.5, 0.6) is 5.75 Å². The van der Waals surface area contributed by atoms with Gasteiger partial charge in [0.15, 0.2) is 0 Å². The van der Waals surface area contributed by atoms with Crippen molar-refractivity contribution in [3.8, 4) is 5.75 Å². The molecule has 0 bridgehead atoms. The molecule has 0 atom stereocenters. The molecule has 0 aromatic heterocycles. The summed E-state index contributed by atoms with van der Waals surface area (Å²) in [6, 6.07) is 4.56. The van der Waals surface area contributed by atoms with Crippen molar-refractivity contribution in [2.75, 3.05) is 12.5 Å². The Balaban J connectivity index is 2.89. The number of allylic oxidation sites excluding steroid dienone is 1. The van der Waals surface area contributed by atoms with Gasteiger partial charge in [-0.2, -0.15) is 0 Å². The van der Waals surface area contributed by atoms with Gasteiger partial charge in [-0.1, -0.05) is 13.0 Å². The molecule has 0 unspecified atom stereocenters. The quantitative estimate of drug-likeness (QED) is 0.699. The van der Waals surface area contributed by atoms with Gasteiger partial charge in [-0.15, -0.1) is 18.2 Å². The van der Waals surface area contributed by atoms with Crippen molar-refractivity contribution in [3.05, 3.63) is 48.2 Å². The average Bonchev–Trinajstić information content (AvgIpc) is 2.24. The van der Waals surface area contributed by atoms with E-state index in [9.17, 15) is 4.39 Å². The Morgan fingerprint density at radius 2 is 2.27 bits per heavy atom. The van der Waals surface area contributed by atoms with Crippen LogP contribution in [0.4, 0.5) is 4.39 Å². The van der Waals surface area contributed by atoms with E-state index in [2.05, 4.69) is 6.58 Å². The molecule has 0 fully saturated rings. The highest BCUT2D eigenvalue weighted by Gasteiger charge is 2.06. The van der Waals surface area contributed by atoms with E-state index in [-0.39, 0.29) is 5.82 Å². The largest absolute Gasteiger partial charge is 0.492 e. The maximum absolute atomic E-state index is 13.2. The van der Waals surface area contributed by atoms with E-state index in [0.717, 1.165) is 11.5 Å². The van der Waals surface area contributed by atoms with Crippen molar-refractivity contribution in [1.82, 2.24) is 0 Å². The molecule has 15 heavy (non-hydrogen) atoms. The molecule has 1 aromatic carbocycles. The minimum atomic E-state index is -0.321. The third-order valence-electron chi connectivity index (χ3n) is 1.98. The number of rotatable bonds is 5. The number of halogens is 2.